The predicted octanol–water partition coefficient (Wildman–Crippen LogP) is 3.94. The number of hydrogen-bond donors (Lipinski definition) is 1. The third kappa shape index (κ3) is 3.73. The molecule has 1 rings (SSSR count). The van der Waals surface area contributed by atoms with Crippen LogP contribution in [0.5, 0.6) is 0 Å². The molecule has 0 fully saturated rings. The van der Waals surface area contributed by atoms with Crippen molar-refractivity contribution in [3.8, 4) is 0 Å². The zero-order chi connectivity index (χ0) is 11.3. The van der Waals surface area contributed by atoms with Gasteiger partial charge in [-0.15, -0.1) is 0 Å². The first-order valence-electron chi connectivity index (χ1n) is 5.26. The molecule has 0 radical (unpaired) electrons. The van der Waals surface area contributed by atoms with Crippen LogP contribution in [0.25, 0.3) is 0 Å². The van der Waals surface area contributed by atoms with Gasteiger partial charge in [0.05, 0.1) is 12.3 Å². The van der Waals surface area contributed by atoms with Gasteiger partial charge < -0.3 is 9.73 Å². The van der Waals surface area contributed by atoms with E-state index in [9.17, 15) is 0 Å². The van der Waals surface area contributed by atoms with Crippen molar-refractivity contribution >= 4 is 11.6 Å². The van der Waals surface area contributed by atoms with Crippen LogP contribution >= 0.6 is 11.6 Å². The zero-order valence-electron chi connectivity index (χ0n) is 9.51. The van der Waals surface area contributed by atoms with Crippen LogP contribution in [0.2, 0.25) is 5.22 Å². The van der Waals surface area contributed by atoms with E-state index in [0.717, 1.165) is 18.5 Å². The van der Waals surface area contributed by atoms with Crippen molar-refractivity contribution in [1.29, 1.82) is 0 Å². The number of rotatable bonds is 5. The fraction of sp³-hybridized carbons (Fsp3) is 0.500. The smallest absolute Gasteiger partial charge is 0.198 e. The highest BCUT2D eigenvalue weighted by molar-refractivity contribution is 6.29. The van der Waals surface area contributed by atoms with E-state index in [4.69, 9.17) is 16.0 Å². The van der Waals surface area contributed by atoms with Crippen molar-refractivity contribution in [2.75, 3.05) is 6.54 Å². The maximum Gasteiger partial charge on any atom is 0.198 e. The summed E-state index contributed by atoms with van der Waals surface area (Å²) in [5, 5.41) is 3.90. The third-order valence-electron chi connectivity index (χ3n) is 2.10. The van der Waals surface area contributed by atoms with Crippen LogP contribution in [0.4, 0.5) is 0 Å². The summed E-state index contributed by atoms with van der Waals surface area (Å²) in [7, 11) is 0. The second-order valence-corrected chi connectivity index (χ2v) is 4.17. The molecule has 0 amide bonds. The van der Waals surface area contributed by atoms with Crippen LogP contribution < -0.4 is 5.32 Å². The molecule has 0 bridgehead atoms. The number of nitrogens with one attached hydrogen (secondary N) is 1. The Hall–Kier alpha value is -0.730. The van der Waals surface area contributed by atoms with Gasteiger partial charge in [0.25, 0.3) is 0 Å². The summed E-state index contributed by atoms with van der Waals surface area (Å²) in [5.41, 5.74) is 2.27. The average molecular weight is 228 g/mol. The van der Waals surface area contributed by atoms with E-state index in [1.165, 1.54) is 5.57 Å². The number of halogens is 1. The van der Waals surface area contributed by atoms with Gasteiger partial charge in [0.1, 0.15) is 0 Å². The fourth-order valence-electron chi connectivity index (χ4n) is 1.42. The zero-order valence-corrected chi connectivity index (χ0v) is 10.3. The first kappa shape index (κ1) is 12.3. The molecule has 0 saturated heterocycles. The Labute approximate surface area is 96.3 Å². The van der Waals surface area contributed by atoms with Crippen molar-refractivity contribution < 1.29 is 4.42 Å². The lowest BCUT2D eigenvalue weighted by Crippen LogP contribution is -2.20. The lowest BCUT2D eigenvalue weighted by molar-refractivity contribution is 0.553. The molecule has 3 heteroatoms. The van der Waals surface area contributed by atoms with E-state index in [1.54, 1.807) is 6.26 Å². The molecule has 15 heavy (non-hydrogen) atoms. The summed E-state index contributed by atoms with van der Waals surface area (Å²) >= 11 is 5.96. The van der Waals surface area contributed by atoms with E-state index in [1.807, 2.05) is 6.07 Å². The number of furan rings is 1. The highest BCUT2D eigenvalue weighted by atomic mass is 35.5. The number of allylic oxidation sites excluding steroid dienone is 1. The largest absolute Gasteiger partial charge is 0.453 e. The molecular weight excluding hydrogens is 210 g/mol. The summed E-state index contributed by atoms with van der Waals surface area (Å²) in [6.07, 6.45) is 4.88. The third-order valence-corrected chi connectivity index (χ3v) is 2.40. The van der Waals surface area contributed by atoms with Crippen LogP contribution in [0, 0.1) is 0 Å². The Kier molecular flexibility index (Phi) is 4.92. The molecule has 1 heterocycles. The van der Waals surface area contributed by atoms with Crippen LogP contribution in [0.3, 0.4) is 0 Å². The Bertz CT molecular complexity index is 326. The van der Waals surface area contributed by atoms with Crippen molar-refractivity contribution in [3.63, 3.8) is 0 Å². The summed E-state index contributed by atoms with van der Waals surface area (Å²) < 4.78 is 5.10. The highest BCUT2D eigenvalue weighted by Crippen LogP contribution is 2.25. The normalized spacial score (nSPS) is 12.5. The van der Waals surface area contributed by atoms with Crippen LogP contribution in [-0.2, 0) is 0 Å². The maximum absolute atomic E-state index is 5.96. The molecule has 0 aliphatic rings. The van der Waals surface area contributed by atoms with Crippen LogP contribution in [0.15, 0.2) is 28.4 Å². The Morgan fingerprint density at radius 1 is 1.60 bits per heavy atom. The highest BCUT2D eigenvalue weighted by Gasteiger charge is 2.13. The van der Waals surface area contributed by atoms with Gasteiger partial charge in [-0.25, -0.2) is 0 Å². The summed E-state index contributed by atoms with van der Waals surface area (Å²) in [6, 6.07) is 2.07. The standard InChI is InChI=1S/C12H18ClNO/c1-4-6-14-11(8-9(2)3)10-5-7-15-12(10)13/h5,7-8,11,14H,4,6H2,1-3H3. The monoisotopic (exact) mass is 227 g/mol. The molecule has 84 valence electrons. The molecule has 1 aromatic heterocycles. The Morgan fingerprint density at radius 3 is 2.80 bits per heavy atom. The summed E-state index contributed by atoms with van der Waals surface area (Å²) in [5.74, 6) is 0. The molecule has 1 unspecified atom stereocenters. The van der Waals surface area contributed by atoms with Gasteiger partial charge in [-0.3, -0.25) is 0 Å². The SMILES string of the molecule is CCCNC(C=C(C)C)c1ccoc1Cl. The molecule has 0 saturated carbocycles. The minimum absolute atomic E-state index is 0.154. The van der Waals surface area contributed by atoms with Gasteiger partial charge in [-0.2, -0.15) is 0 Å². The second-order valence-electron chi connectivity index (χ2n) is 3.83. The van der Waals surface area contributed by atoms with Crippen molar-refractivity contribution in [3.05, 3.63) is 34.8 Å². The van der Waals surface area contributed by atoms with Crippen LogP contribution in [0.1, 0.15) is 38.8 Å². The molecular formula is C12H18ClNO. The first-order valence-corrected chi connectivity index (χ1v) is 5.64. The van der Waals surface area contributed by atoms with E-state index in [2.05, 4.69) is 32.2 Å². The quantitative estimate of drug-likeness (QED) is 0.771. The molecule has 0 aliphatic heterocycles. The summed E-state index contributed by atoms with van der Waals surface area (Å²) in [4.78, 5) is 0. The molecule has 0 aliphatic carbocycles. The molecule has 0 aromatic carbocycles. The molecule has 1 atom stereocenters. The minimum Gasteiger partial charge on any atom is -0.453 e. The molecule has 1 N–H and O–H groups in total. The van der Waals surface area contributed by atoms with Crippen molar-refractivity contribution in [1.82, 2.24) is 5.32 Å². The van der Waals surface area contributed by atoms with E-state index >= 15 is 0 Å². The van der Waals surface area contributed by atoms with E-state index in [0.29, 0.717) is 5.22 Å². The Morgan fingerprint density at radius 2 is 2.33 bits per heavy atom. The van der Waals surface area contributed by atoms with E-state index in [-0.39, 0.29) is 6.04 Å². The molecule has 0 spiro atoms. The van der Waals surface area contributed by atoms with Gasteiger partial charge in [0.2, 0.25) is 0 Å². The minimum atomic E-state index is 0.154. The van der Waals surface area contributed by atoms with Crippen LogP contribution in [-0.4, -0.2) is 6.54 Å². The Balaban J connectivity index is 2.81. The second kappa shape index (κ2) is 5.99. The van der Waals surface area contributed by atoms with Gasteiger partial charge in [0.15, 0.2) is 5.22 Å². The van der Waals surface area contributed by atoms with Crippen molar-refractivity contribution in [2.24, 2.45) is 0 Å². The fourth-order valence-corrected chi connectivity index (χ4v) is 1.65. The van der Waals surface area contributed by atoms with Gasteiger partial charge in [-0.05, 0) is 44.5 Å². The maximum atomic E-state index is 5.96. The van der Waals surface area contributed by atoms with E-state index < -0.39 is 0 Å². The van der Waals surface area contributed by atoms with Gasteiger partial charge >= 0.3 is 0 Å². The predicted molar refractivity (Wildman–Crippen MR) is 64.2 cm³/mol. The molecule has 2 nitrogen and oxygen atoms in total. The lowest BCUT2D eigenvalue weighted by Gasteiger charge is -2.14. The molecule has 1 aromatic rings. The van der Waals surface area contributed by atoms with Crippen molar-refractivity contribution in [2.45, 2.75) is 33.2 Å². The first-order chi connectivity index (χ1) is 7.15. The average Bonchev–Trinajstić information content (AvgIpc) is 2.58. The number of hydrogen-bond acceptors (Lipinski definition) is 2. The lowest BCUT2D eigenvalue weighted by atomic mass is 10.1. The van der Waals surface area contributed by atoms with Gasteiger partial charge in [0, 0.05) is 5.56 Å². The van der Waals surface area contributed by atoms with Gasteiger partial charge in [-0.1, -0.05) is 18.6 Å². The summed E-state index contributed by atoms with van der Waals surface area (Å²) in [6.45, 7) is 7.27. The topological polar surface area (TPSA) is 25.2 Å².